The lowest BCUT2D eigenvalue weighted by atomic mass is 10.3. The second kappa shape index (κ2) is 5.89. The van der Waals surface area contributed by atoms with Crippen molar-refractivity contribution in [3.8, 4) is 5.75 Å². The number of halogens is 5. The van der Waals surface area contributed by atoms with Gasteiger partial charge in [-0.2, -0.15) is 0 Å². The van der Waals surface area contributed by atoms with E-state index in [1.54, 1.807) is 0 Å². The van der Waals surface area contributed by atoms with Gasteiger partial charge in [0.15, 0.2) is 17.4 Å². The van der Waals surface area contributed by atoms with E-state index in [4.69, 9.17) is 0 Å². The first kappa shape index (κ1) is 16.6. The summed E-state index contributed by atoms with van der Waals surface area (Å²) >= 11 is 0. The van der Waals surface area contributed by atoms with E-state index in [-0.39, 0.29) is 0 Å². The van der Waals surface area contributed by atoms with Crippen LogP contribution >= 0.6 is 0 Å². The standard InChI is InChI=1S/C9H8F5NO4S/c10-6-3-5(20(15,16)17)4-7(11)8(6)18-1-2-19-9(12,13)14/h3-4H,1-2H2,(H2,15,16,17). The zero-order valence-corrected chi connectivity index (χ0v) is 10.4. The molecular weight excluding hydrogens is 313 g/mol. The fraction of sp³-hybridized carbons (Fsp3) is 0.333. The highest BCUT2D eigenvalue weighted by molar-refractivity contribution is 7.89. The number of hydrogen-bond acceptors (Lipinski definition) is 4. The fourth-order valence-corrected chi connectivity index (χ4v) is 1.68. The molecule has 2 N–H and O–H groups in total. The highest BCUT2D eigenvalue weighted by Gasteiger charge is 2.28. The molecule has 0 amide bonds. The third-order valence-corrected chi connectivity index (χ3v) is 2.79. The molecule has 0 unspecified atom stereocenters. The van der Waals surface area contributed by atoms with Crippen molar-refractivity contribution in [1.29, 1.82) is 0 Å². The normalized spacial score (nSPS) is 12.5. The average molecular weight is 321 g/mol. The molecule has 1 rings (SSSR count). The minimum atomic E-state index is -4.89. The lowest BCUT2D eigenvalue weighted by Gasteiger charge is -2.11. The van der Waals surface area contributed by atoms with Gasteiger partial charge in [0.05, 0.1) is 11.5 Å². The van der Waals surface area contributed by atoms with Crippen LogP contribution in [0.1, 0.15) is 0 Å². The molecule has 0 radical (unpaired) electrons. The van der Waals surface area contributed by atoms with Crippen molar-refractivity contribution < 1.29 is 39.8 Å². The van der Waals surface area contributed by atoms with Crippen LogP contribution in [0.4, 0.5) is 22.0 Å². The predicted octanol–water partition coefficient (Wildman–Crippen LogP) is 1.53. The number of nitrogens with two attached hydrogens (primary N) is 1. The first-order chi connectivity index (χ1) is 9.00. The van der Waals surface area contributed by atoms with Crippen molar-refractivity contribution in [2.45, 2.75) is 11.3 Å². The molecule has 0 aliphatic rings. The maximum absolute atomic E-state index is 13.4. The van der Waals surface area contributed by atoms with E-state index in [9.17, 15) is 30.4 Å². The summed E-state index contributed by atoms with van der Waals surface area (Å²) in [5, 5.41) is 4.67. The molecule has 5 nitrogen and oxygen atoms in total. The van der Waals surface area contributed by atoms with Crippen LogP contribution in [0.3, 0.4) is 0 Å². The van der Waals surface area contributed by atoms with Crippen LogP contribution in [-0.2, 0) is 14.8 Å². The highest BCUT2D eigenvalue weighted by Crippen LogP contribution is 2.25. The molecular formula is C9H8F5NO4S. The molecule has 0 atom stereocenters. The van der Waals surface area contributed by atoms with Crippen LogP contribution in [0.2, 0.25) is 0 Å². The molecule has 0 saturated heterocycles. The Balaban J connectivity index is 2.78. The Labute approximate surface area is 110 Å². The zero-order chi connectivity index (χ0) is 15.6. The van der Waals surface area contributed by atoms with Crippen molar-refractivity contribution >= 4 is 10.0 Å². The third kappa shape index (κ3) is 4.90. The van der Waals surface area contributed by atoms with Crippen LogP contribution < -0.4 is 9.88 Å². The van der Waals surface area contributed by atoms with Gasteiger partial charge in [-0.25, -0.2) is 22.3 Å². The molecule has 1 aromatic rings. The highest BCUT2D eigenvalue weighted by atomic mass is 32.2. The lowest BCUT2D eigenvalue weighted by Crippen LogP contribution is -2.19. The number of ether oxygens (including phenoxy) is 2. The summed E-state index contributed by atoms with van der Waals surface area (Å²) in [6.45, 7) is -1.78. The molecule has 1 aromatic carbocycles. The molecule has 0 aromatic heterocycles. The minimum absolute atomic E-state index is 0.387. The van der Waals surface area contributed by atoms with E-state index in [1.165, 1.54) is 0 Å². The molecule has 0 spiro atoms. The smallest absolute Gasteiger partial charge is 0.485 e. The van der Waals surface area contributed by atoms with E-state index >= 15 is 0 Å². The number of benzene rings is 1. The average Bonchev–Trinajstić information content (AvgIpc) is 2.23. The zero-order valence-electron chi connectivity index (χ0n) is 9.58. The Bertz CT molecular complexity index is 563. The minimum Gasteiger partial charge on any atom is -0.485 e. The molecule has 20 heavy (non-hydrogen) atoms. The summed E-state index contributed by atoms with van der Waals surface area (Å²) in [6, 6.07) is 0.775. The van der Waals surface area contributed by atoms with E-state index in [0.29, 0.717) is 12.1 Å². The van der Waals surface area contributed by atoms with E-state index in [1.807, 2.05) is 0 Å². The maximum Gasteiger partial charge on any atom is 0.522 e. The Kier molecular flexibility index (Phi) is 4.89. The largest absolute Gasteiger partial charge is 0.522 e. The number of sulfonamides is 1. The van der Waals surface area contributed by atoms with Gasteiger partial charge in [-0.1, -0.05) is 0 Å². The van der Waals surface area contributed by atoms with Gasteiger partial charge in [-0.3, -0.25) is 4.74 Å². The molecule has 114 valence electrons. The molecule has 0 bridgehead atoms. The fourth-order valence-electron chi connectivity index (χ4n) is 1.14. The van der Waals surface area contributed by atoms with Gasteiger partial charge in [0, 0.05) is 0 Å². The summed E-state index contributed by atoms with van der Waals surface area (Å²) in [4.78, 5) is -0.827. The van der Waals surface area contributed by atoms with Gasteiger partial charge in [0.1, 0.15) is 6.61 Å². The van der Waals surface area contributed by atoms with Crippen molar-refractivity contribution in [2.75, 3.05) is 13.2 Å². The SMILES string of the molecule is NS(=O)(=O)c1cc(F)c(OCCOC(F)(F)F)c(F)c1. The topological polar surface area (TPSA) is 78.6 Å². The first-order valence-corrected chi connectivity index (χ1v) is 6.40. The van der Waals surface area contributed by atoms with Gasteiger partial charge in [-0.15, -0.1) is 13.2 Å². The van der Waals surface area contributed by atoms with Crippen molar-refractivity contribution in [2.24, 2.45) is 5.14 Å². The van der Waals surface area contributed by atoms with Crippen LogP contribution in [0.25, 0.3) is 0 Å². The van der Waals surface area contributed by atoms with E-state index in [0.717, 1.165) is 0 Å². The van der Waals surface area contributed by atoms with Crippen LogP contribution in [0, 0.1) is 11.6 Å². The van der Waals surface area contributed by atoms with Gasteiger partial charge in [0.25, 0.3) is 0 Å². The monoisotopic (exact) mass is 321 g/mol. The quantitative estimate of drug-likeness (QED) is 0.659. The van der Waals surface area contributed by atoms with Crippen molar-refractivity contribution in [3.63, 3.8) is 0 Å². The van der Waals surface area contributed by atoms with Gasteiger partial charge in [0.2, 0.25) is 10.0 Å². The predicted molar refractivity (Wildman–Crippen MR) is 55.2 cm³/mol. The van der Waals surface area contributed by atoms with Crippen LogP contribution in [-0.4, -0.2) is 28.0 Å². The Hall–Kier alpha value is -1.46. The second-order valence-electron chi connectivity index (χ2n) is 3.40. The van der Waals surface area contributed by atoms with Gasteiger partial charge in [-0.05, 0) is 12.1 Å². The molecule has 11 heteroatoms. The van der Waals surface area contributed by atoms with Crippen molar-refractivity contribution in [3.05, 3.63) is 23.8 Å². The molecule has 0 aliphatic heterocycles. The van der Waals surface area contributed by atoms with E-state index in [2.05, 4.69) is 14.6 Å². The maximum atomic E-state index is 13.4. The third-order valence-electron chi connectivity index (χ3n) is 1.90. The summed E-state index contributed by atoms with van der Waals surface area (Å²) in [7, 11) is -4.32. The van der Waals surface area contributed by atoms with Gasteiger partial charge < -0.3 is 4.74 Å². The van der Waals surface area contributed by atoms with E-state index < -0.39 is 51.9 Å². The molecule has 0 fully saturated rings. The Morgan fingerprint density at radius 1 is 1.10 bits per heavy atom. The Morgan fingerprint density at radius 2 is 1.60 bits per heavy atom. The molecule has 0 saturated carbocycles. The second-order valence-corrected chi connectivity index (χ2v) is 4.97. The summed E-state index contributed by atoms with van der Waals surface area (Å²) in [6.07, 6.45) is -4.89. The summed E-state index contributed by atoms with van der Waals surface area (Å²) in [5.41, 5.74) is 0. The van der Waals surface area contributed by atoms with Crippen molar-refractivity contribution in [1.82, 2.24) is 0 Å². The number of hydrogen-bond donors (Lipinski definition) is 1. The van der Waals surface area contributed by atoms with Gasteiger partial charge >= 0.3 is 6.36 Å². The molecule has 0 heterocycles. The van der Waals surface area contributed by atoms with Crippen LogP contribution in [0.5, 0.6) is 5.75 Å². The summed E-state index contributed by atoms with van der Waals surface area (Å²) in [5.74, 6) is -3.86. The lowest BCUT2D eigenvalue weighted by molar-refractivity contribution is -0.325. The number of primary sulfonamides is 1. The summed E-state index contributed by atoms with van der Waals surface area (Å²) < 4.78 is 91.1. The number of rotatable bonds is 5. The Morgan fingerprint density at radius 3 is 2.00 bits per heavy atom. The number of alkyl halides is 3. The first-order valence-electron chi connectivity index (χ1n) is 4.86. The van der Waals surface area contributed by atoms with Crippen LogP contribution in [0.15, 0.2) is 17.0 Å². The molecule has 0 aliphatic carbocycles.